The standard InChI is InChI=1S/C16H20FN3OS/c1-11(2)7-8-18-15(21)10-22-16-19-9-14(20-16)12-3-5-13(17)6-4-12/h3-6,9,11H,7-8,10H2,1-2H3,(H,18,21)(H,19,20). The van der Waals surface area contributed by atoms with E-state index in [1.54, 1.807) is 18.3 Å². The van der Waals surface area contributed by atoms with Crippen molar-refractivity contribution in [1.29, 1.82) is 0 Å². The smallest absolute Gasteiger partial charge is 0.230 e. The Morgan fingerprint density at radius 3 is 2.77 bits per heavy atom. The highest BCUT2D eigenvalue weighted by Crippen LogP contribution is 2.21. The molecule has 2 aromatic rings. The van der Waals surface area contributed by atoms with Gasteiger partial charge in [-0.1, -0.05) is 25.6 Å². The van der Waals surface area contributed by atoms with Crippen LogP contribution in [-0.4, -0.2) is 28.2 Å². The molecule has 0 aliphatic heterocycles. The molecule has 118 valence electrons. The van der Waals surface area contributed by atoms with Crippen molar-refractivity contribution in [1.82, 2.24) is 15.3 Å². The first kappa shape index (κ1) is 16.5. The van der Waals surface area contributed by atoms with Crippen LogP contribution in [0.2, 0.25) is 0 Å². The number of hydrogen-bond acceptors (Lipinski definition) is 3. The molecule has 0 saturated heterocycles. The molecule has 0 bridgehead atoms. The van der Waals surface area contributed by atoms with E-state index < -0.39 is 0 Å². The van der Waals surface area contributed by atoms with E-state index in [1.165, 1.54) is 23.9 Å². The first-order valence-electron chi connectivity index (χ1n) is 7.25. The number of carbonyl (C=O) groups is 1. The third-order valence-corrected chi connectivity index (χ3v) is 3.98. The van der Waals surface area contributed by atoms with Gasteiger partial charge < -0.3 is 10.3 Å². The van der Waals surface area contributed by atoms with Crippen molar-refractivity contribution in [3.8, 4) is 11.3 Å². The Hall–Kier alpha value is -1.82. The van der Waals surface area contributed by atoms with E-state index in [0.717, 1.165) is 17.7 Å². The minimum Gasteiger partial charge on any atom is -0.355 e. The second kappa shape index (κ2) is 7.98. The number of halogens is 1. The van der Waals surface area contributed by atoms with E-state index in [1.807, 2.05) is 0 Å². The van der Waals surface area contributed by atoms with Gasteiger partial charge >= 0.3 is 0 Å². The van der Waals surface area contributed by atoms with Crippen LogP contribution in [0.25, 0.3) is 11.3 Å². The van der Waals surface area contributed by atoms with Crippen molar-refractivity contribution in [2.45, 2.75) is 25.4 Å². The van der Waals surface area contributed by atoms with E-state index in [-0.39, 0.29) is 11.7 Å². The van der Waals surface area contributed by atoms with Crippen LogP contribution in [-0.2, 0) is 4.79 Å². The van der Waals surface area contributed by atoms with Gasteiger partial charge in [-0.05, 0) is 42.2 Å². The normalized spacial score (nSPS) is 10.9. The number of aromatic amines is 1. The number of carbonyl (C=O) groups excluding carboxylic acids is 1. The summed E-state index contributed by atoms with van der Waals surface area (Å²) >= 11 is 1.35. The Morgan fingerprint density at radius 1 is 1.36 bits per heavy atom. The summed E-state index contributed by atoms with van der Waals surface area (Å²) in [6.07, 6.45) is 2.66. The Kier molecular flexibility index (Phi) is 6.00. The van der Waals surface area contributed by atoms with Gasteiger partial charge in [-0.2, -0.15) is 0 Å². The molecule has 2 N–H and O–H groups in total. The summed E-state index contributed by atoms with van der Waals surface area (Å²) in [5, 5.41) is 3.56. The lowest BCUT2D eigenvalue weighted by atomic mass is 10.1. The fraction of sp³-hybridized carbons (Fsp3) is 0.375. The number of aromatic nitrogens is 2. The van der Waals surface area contributed by atoms with Crippen molar-refractivity contribution < 1.29 is 9.18 Å². The van der Waals surface area contributed by atoms with Gasteiger partial charge in [0.25, 0.3) is 0 Å². The first-order chi connectivity index (χ1) is 10.5. The summed E-state index contributed by atoms with van der Waals surface area (Å²) in [6, 6.07) is 6.20. The Labute approximate surface area is 133 Å². The minimum atomic E-state index is -0.268. The number of nitrogens with one attached hydrogen (secondary N) is 2. The largest absolute Gasteiger partial charge is 0.355 e. The number of nitrogens with zero attached hydrogens (tertiary/aromatic N) is 1. The number of amides is 1. The summed E-state index contributed by atoms with van der Waals surface area (Å²) in [7, 11) is 0. The summed E-state index contributed by atoms with van der Waals surface area (Å²) in [5.74, 6) is 0.645. The van der Waals surface area contributed by atoms with Gasteiger partial charge in [0, 0.05) is 6.54 Å². The predicted octanol–water partition coefficient (Wildman–Crippen LogP) is 3.47. The average Bonchev–Trinajstić information content (AvgIpc) is 2.94. The zero-order chi connectivity index (χ0) is 15.9. The molecule has 0 aliphatic rings. The highest BCUT2D eigenvalue weighted by molar-refractivity contribution is 7.99. The van der Waals surface area contributed by atoms with Crippen molar-refractivity contribution in [3.63, 3.8) is 0 Å². The van der Waals surface area contributed by atoms with Crippen LogP contribution in [0.15, 0.2) is 35.6 Å². The lowest BCUT2D eigenvalue weighted by Gasteiger charge is -2.06. The van der Waals surface area contributed by atoms with E-state index in [9.17, 15) is 9.18 Å². The summed E-state index contributed by atoms with van der Waals surface area (Å²) < 4.78 is 12.9. The molecule has 0 saturated carbocycles. The van der Waals surface area contributed by atoms with Crippen LogP contribution in [0.5, 0.6) is 0 Å². The number of H-pyrrole nitrogens is 1. The Morgan fingerprint density at radius 2 is 2.09 bits per heavy atom. The molecule has 0 radical (unpaired) electrons. The van der Waals surface area contributed by atoms with E-state index in [2.05, 4.69) is 29.1 Å². The van der Waals surface area contributed by atoms with Gasteiger partial charge in [0.15, 0.2) is 5.16 Å². The van der Waals surface area contributed by atoms with Crippen molar-refractivity contribution in [2.24, 2.45) is 5.92 Å². The maximum atomic E-state index is 12.9. The van der Waals surface area contributed by atoms with Crippen molar-refractivity contribution >= 4 is 17.7 Å². The molecule has 0 unspecified atom stereocenters. The molecular weight excluding hydrogens is 301 g/mol. The monoisotopic (exact) mass is 321 g/mol. The first-order valence-corrected chi connectivity index (χ1v) is 8.23. The molecule has 6 heteroatoms. The molecule has 0 aliphatic carbocycles. The number of hydrogen-bond donors (Lipinski definition) is 2. The lowest BCUT2D eigenvalue weighted by molar-refractivity contribution is -0.118. The second-order valence-corrected chi connectivity index (χ2v) is 6.39. The maximum Gasteiger partial charge on any atom is 0.230 e. The maximum absolute atomic E-state index is 12.9. The molecule has 4 nitrogen and oxygen atoms in total. The van der Waals surface area contributed by atoms with Crippen LogP contribution in [0.3, 0.4) is 0 Å². The van der Waals surface area contributed by atoms with Crippen LogP contribution in [0.1, 0.15) is 20.3 Å². The Bertz CT molecular complexity index is 610. The molecule has 0 atom stereocenters. The molecule has 1 heterocycles. The summed E-state index contributed by atoms with van der Waals surface area (Å²) in [6.45, 7) is 4.96. The number of rotatable bonds is 7. The van der Waals surface area contributed by atoms with Gasteiger partial charge in [-0.25, -0.2) is 9.37 Å². The quantitative estimate of drug-likeness (QED) is 0.768. The SMILES string of the molecule is CC(C)CCNC(=O)CSc1ncc(-c2ccc(F)cc2)[nH]1. The minimum absolute atomic E-state index is 0.00498. The zero-order valence-electron chi connectivity index (χ0n) is 12.7. The molecule has 1 amide bonds. The molecule has 1 aromatic heterocycles. The highest BCUT2D eigenvalue weighted by atomic mass is 32.2. The number of thioether (sulfide) groups is 1. The fourth-order valence-electron chi connectivity index (χ4n) is 1.84. The van der Waals surface area contributed by atoms with E-state index in [4.69, 9.17) is 0 Å². The molecule has 22 heavy (non-hydrogen) atoms. The predicted molar refractivity (Wildman–Crippen MR) is 87.2 cm³/mol. The molecule has 0 fully saturated rings. The summed E-state index contributed by atoms with van der Waals surface area (Å²) in [5.41, 5.74) is 1.67. The molecular formula is C16H20FN3OS. The van der Waals surface area contributed by atoms with Crippen LogP contribution < -0.4 is 5.32 Å². The van der Waals surface area contributed by atoms with E-state index >= 15 is 0 Å². The van der Waals surface area contributed by atoms with Gasteiger partial charge in [0.05, 0.1) is 17.6 Å². The van der Waals surface area contributed by atoms with Gasteiger partial charge in [0.2, 0.25) is 5.91 Å². The third kappa shape index (κ3) is 5.18. The zero-order valence-corrected chi connectivity index (χ0v) is 13.5. The van der Waals surface area contributed by atoms with Crippen LogP contribution >= 0.6 is 11.8 Å². The molecule has 1 aromatic carbocycles. The lowest BCUT2D eigenvalue weighted by Crippen LogP contribution is -2.26. The highest BCUT2D eigenvalue weighted by Gasteiger charge is 2.07. The van der Waals surface area contributed by atoms with Crippen LogP contribution in [0.4, 0.5) is 4.39 Å². The second-order valence-electron chi connectivity index (χ2n) is 5.43. The third-order valence-electron chi connectivity index (χ3n) is 3.09. The summed E-state index contributed by atoms with van der Waals surface area (Å²) in [4.78, 5) is 19.1. The topological polar surface area (TPSA) is 57.8 Å². The fourth-order valence-corrected chi connectivity index (χ4v) is 2.52. The molecule has 0 spiro atoms. The Balaban J connectivity index is 1.82. The number of benzene rings is 1. The van der Waals surface area contributed by atoms with Gasteiger partial charge in [-0.15, -0.1) is 0 Å². The number of imidazole rings is 1. The van der Waals surface area contributed by atoms with Crippen molar-refractivity contribution in [3.05, 3.63) is 36.3 Å². The average molecular weight is 321 g/mol. The van der Waals surface area contributed by atoms with Crippen molar-refractivity contribution in [2.75, 3.05) is 12.3 Å². The van der Waals surface area contributed by atoms with Gasteiger partial charge in [-0.3, -0.25) is 4.79 Å². The van der Waals surface area contributed by atoms with Crippen LogP contribution in [0, 0.1) is 11.7 Å². The van der Waals surface area contributed by atoms with E-state index in [0.29, 0.717) is 23.4 Å². The molecule has 2 rings (SSSR count). The van der Waals surface area contributed by atoms with Gasteiger partial charge in [0.1, 0.15) is 5.82 Å².